The summed E-state index contributed by atoms with van der Waals surface area (Å²) < 4.78 is 2.41. The van der Waals surface area contributed by atoms with E-state index in [1.165, 1.54) is 44.0 Å². The molecule has 1 fully saturated rings. The number of fused-ring (bicyclic) bond motifs is 1. The van der Waals surface area contributed by atoms with E-state index in [1.54, 1.807) is 0 Å². The Kier molecular flexibility index (Phi) is 4.36. The van der Waals surface area contributed by atoms with Gasteiger partial charge >= 0.3 is 0 Å². The van der Waals surface area contributed by atoms with E-state index in [4.69, 9.17) is 0 Å². The topological polar surface area (TPSA) is 29.9 Å². The zero-order valence-corrected chi connectivity index (χ0v) is 12.4. The molecule has 1 N–H and O–H groups in total. The zero-order chi connectivity index (χ0) is 13.8. The van der Waals surface area contributed by atoms with Gasteiger partial charge in [0, 0.05) is 6.04 Å². The van der Waals surface area contributed by atoms with Crippen LogP contribution in [0.4, 0.5) is 0 Å². The lowest BCUT2D eigenvalue weighted by atomic mass is 9.92. The molecule has 1 saturated carbocycles. The number of hydrogen-bond donors (Lipinski definition) is 1. The molecule has 1 heterocycles. The first kappa shape index (κ1) is 13.6. The number of likely N-dealkylation sites (N-methyl/N-ethyl adjacent to an activating group) is 1. The van der Waals surface area contributed by atoms with Crippen LogP contribution in [0.2, 0.25) is 0 Å². The fourth-order valence-electron chi connectivity index (χ4n) is 3.54. The maximum Gasteiger partial charge on any atom is 0.0961 e. The highest BCUT2D eigenvalue weighted by atomic mass is 15.1. The van der Waals surface area contributed by atoms with Gasteiger partial charge in [0.1, 0.15) is 0 Å². The molecule has 1 aromatic carbocycles. The molecule has 2 aromatic rings. The number of hydrogen-bond acceptors (Lipinski definition) is 2. The highest BCUT2D eigenvalue weighted by Crippen LogP contribution is 2.29. The molecule has 2 unspecified atom stereocenters. The Hall–Kier alpha value is -1.35. The normalized spacial score (nSPS) is 24.4. The number of benzene rings is 1. The van der Waals surface area contributed by atoms with Gasteiger partial charge in [0.2, 0.25) is 0 Å². The Morgan fingerprint density at radius 1 is 1.15 bits per heavy atom. The van der Waals surface area contributed by atoms with Crippen molar-refractivity contribution < 1.29 is 0 Å². The third kappa shape index (κ3) is 2.73. The van der Waals surface area contributed by atoms with Crippen LogP contribution in [0.5, 0.6) is 0 Å². The minimum Gasteiger partial charge on any atom is -0.326 e. The molecule has 1 aliphatic rings. The Morgan fingerprint density at radius 2 is 1.95 bits per heavy atom. The first-order valence-corrected chi connectivity index (χ1v) is 8.05. The Bertz CT molecular complexity index is 546. The number of nitrogens with one attached hydrogen (secondary N) is 1. The van der Waals surface area contributed by atoms with Crippen LogP contribution in [0.15, 0.2) is 30.6 Å². The lowest BCUT2D eigenvalue weighted by molar-refractivity contribution is 0.291. The molecule has 0 aliphatic heterocycles. The maximum absolute atomic E-state index is 4.58. The molecule has 3 rings (SSSR count). The molecule has 2 atom stereocenters. The second-order valence-corrected chi connectivity index (χ2v) is 5.86. The van der Waals surface area contributed by atoms with Crippen molar-refractivity contribution in [2.75, 3.05) is 6.54 Å². The van der Waals surface area contributed by atoms with Crippen molar-refractivity contribution in [1.29, 1.82) is 0 Å². The predicted octanol–water partition coefficient (Wildman–Crippen LogP) is 3.91. The lowest BCUT2D eigenvalue weighted by Gasteiger charge is -2.31. The van der Waals surface area contributed by atoms with Gasteiger partial charge in [-0.15, -0.1) is 0 Å². The Labute approximate surface area is 121 Å². The van der Waals surface area contributed by atoms with E-state index in [-0.39, 0.29) is 0 Å². The first-order chi connectivity index (χ1) is 9.90. The first-order valence-electron chi connectivity index (χ1n) is 8.05. The summed E-state index contributed by atoms with van der Waals surface area (Å²) in [5.74, 6) is 0. The molecule has 1 aromatic heterocycles. The molecule has 20 heavy (non-hydrogen) atoms. The third-order valence-electron chi connectivity index (χ3n) is 4.53. The molecular formula is C17H25N3. The van der Waals surface area contributed by atoms with E-state index in [2.05, 4.69) is 46.1 Å². The monoisotopic (exact) mass is 271 g/mol. The number of imidazole rings is 1. The summed E-state index contributed by atoms with van der Waals surface area (Å²) in [6.45, 7) is 3.26. The van der Waals surface area contributed by atoms with Gasteiger partial charge in [-0.05, 0) is 31.5 Å². The van der Waals surface area contributed by atoms with Crippen LogP contribution in [0.1, 0.15) is 51.5 Å². The molecule has 3 nitrogen and oxygen atoms in total. The third-order valence-corrected chi connectivity index (χ3v) is 4.53. The van der Waals surface area contributed by atoms with E-state index >= 15 is 0 Å². The van der Waals surface area contributed by atoms with Crippen LogP contribution >= 0.6 is 0 Å². The second kappa shape index (κ2) is 6.40. The zero-order valence-electron chi connectivity index (χ0n) is 12.4. The van der Waals surface area contributed by atoms with E-state index in [0.717, 1.165) is 12.1 Å². The van der Waals surface area contributed by atoms with E-state index < -0.39 is 0 Å². The molecule has 0 amide bonds. The average molecular weight is 271 g/mol. The van der Waals surface area contributed by atoms with E-state index in [0.29, 0.717) is 12.1 Å². The van der Waals surface area contributed by atoms with Crippen LogP contribution in [0.3, 0.4) is 0 Å². The van der Waals surface area contributed by atoms with Gasteiger partial charge in [0.25, 0.3) is 0 Å². The Balaban J connectivity index is 1.94. The highest BCUT2D eigenvalue weighted by Gasteiger charge is 2.24. The summed E-state index contributed by atoms with van der Waals surface area (Å²) in [4.78, 5) is 4.58. The number of rotatable bonds is 3. The van der Waals surface area contributed by atoms with Gasteiger partial charge in [-0.25, -0.2) is 4.98 Å². The molecular weight excluding hydrogens is 246 g/mol. The largest absolute Gasteiger partial charge is 0.326 e. The molecule has 0 spiro atoms. The van der Waals surface area contributed by atoms with Gasteiger partial charge in [-0.3, -0.25) is 0 Å². The van der Waals surface area contributed by atoms with Crippen molar-refractivity contribution in [3.05, 3.63) is 30.6 Å². The molecule has 108 valence electrons. The molecule has 0 radical (unpaired) electrons. The smallest absolute Gasteiger partial charge is 0.0961 e. The summed E-state index contributed by atoms with van der Waals surface area (Å²) in [7, 11) is 0. The van der Waals surface area contributed by atoms with Gasteiger partial charge in [-0.2, -0.15) is 0 Å². The van der Waals surface area contributed by atoms with E-state index in [1.807, 2.05) is 6.33 Å². The predicted molar refractivity (Wildman–Crippen MR) is 83.9 cm³/mol. The quantitative estimate of drug-likeness (QED) is 0.917. The fraction of sp³-hybridized carbons (Fsp3) is 0.588. The number of para-hydroxylation sites is 2. The van der Waals surface area contributed by atoms with Crippen LogP contribution in [0, 0.1) is 0 Å². The standard InChI is InChI=1S/C17H25N3/c1-2-18-14-9-5-3-4-6-11-16(14)20-13-19-15-10-7-8-12-17(15)20/h7-8,10,12-14,16,18H,2-6,9,11H2,1H3. The molecule has 3 heteroatoms. The average Bonchev–Trinajstić information content (AvgIpc) is 2.86. The van der Waals surface area contributed by atoms with Crippen molar-refractivity contribution in [1.82, 2.24) is 14.9 Å². The summed E-state index contributed by atoms with van der Waals surface area (Å²) >= 11 is 0. The van der Waals surface area contributed by atoms with Crippen molar-refractivity contribution >= 4 is 11.0 Å². The van der Waals surface area contributed by atoms with Gasteiger partial charge in [0.05, 0.1) is 23.4 Å². The molecule has 0 bridgehead atoms. The molecule has 0 saturated heterocycles. The number of aromatic nitrogens is 2. The van der Waals surface area contributed by atoms with Crippen molar-refractivity contribution in [3.8, 4) is 0 Å². The minimum absolute atomic E-state index is 0.544. The van der Waals surface area contributed by atoms with Gasteiger partial charge < -0.3 is 9.88 Å². The number of nitrogens with zero attached hydrogens (tertiary/aromatic N) is 2. The minimum atomic E-state index is 0.544. The van der Waals surface area contributed by atoms with Crippen LogP contribution in [0.25, 0.3) is 11.0 Å². The maximum atomic E-state index is 4.58. The Morgan fingerprint density at radius 3 is 2.80 bits per heavy atom. The SMILES string of the molecule is CCNC1CCCCCCC1n1cnc2ccccc21. The highest BCUT2D eigenvalue weighted by molar-refractivity contribution is 5.75. The fourth-order valence-corrected chi connectivity index (χ4v) is 3.54. The van der Waals surface area contributed by atoms with Crippen molar-refractivity contribution in [3.63, 3.8) is 0 Å². The van der Waals surface area contributed by atoms with Gasteiger partial charge in [-0.1, -0.05) is 44.7 Å². The molecule has 1 aliphatic carbocycles. The lowest BCUT2D eigenvalue weighted by Crippen LogP contribution is -2.38. The summed E-state index contributed by atoms with van der Waals surface area (Å²) in [6.07, 6.45) is 10.0. The summed E-state index contributed by atoms with van der Waals surface area (Å²) in [5.41, 5.74) is 2.39. The van der Waals surface area contributed by atoms with Crippen molar-refractivity contribution in [2.45, 2.75) is 57.5 Å². The van der Waals surface area contributed by atoms with Crippen LogP contribution in [-0.2, 0) is 0 Å². The van der Waals surface area contributed by atoms with Gasteiger partial charge in [0.15, 0.2) is 0 Å². The summed E-state index contributed by atoms with van der Waals surface area (Å²) in [5, 5.41) is 3.71. The second-order valence-electron chi connectivity index (χ2n) is 5.86. The van der Waals surface area contributed by atoms with E-state index in [9.17, 15) is 0 Å². The van der Waals surface area contributed by atoms with Crippen molar-refractivity contribution in [2.24, 2.45) is 0 Å². The van der Waals surface area contributed by atoms with Crippen LogP contribution < -0.4 is 5.32 Å². The summed E-state index contributed by atoms with van der Waals surface area (Å²) in [6, 6.07) is 9.62. The van der Waals surface area contributed by atoms with Crippen LogP contribution in [-0.4, -0.2) is 22.1 Å².